The molecule has 1 aliphatic heterocycles. The van der Waals surface area contributed by atoms with E-state index in [1.807, 2.05) is 4.90 Å². The molecule has 2 N–H and O–H groups in total. The minimum Gasteiger partial charge on any atom is -0.347 e. The van der Waals surface area contributed by atoms with Gasteiger partial charge >= 0.3 is 12.2 Å². The molecule has 1 aromatic heterocycles. The number of H-pyrrole nitrogens is 1. The maximum Gasteiger partial charge on any atom is 0.416 e. The monoisotopic (exact) mass is 477 g/mol. The first-order valence-corrected chi connectivity index (χ1v) is 12.2. The van der Waals surface area contributed by atoms with Gasteiger partial charge in [-0.05, 0) is 55.7 Å². The molecule has 1 atom stereocenters. The molecule has 0 radical (unpaired) electrons. The topological polar surface area (TPSA) is 64.3 Å². The van der Waals surface area contributed by atoms with Gasteiger partial charge in [0.15, 0.2) is 0 Å². The Morgan fingerprint density at radius 2 is 1.94 bits per heavy atom. The number of imidazole rings is 1. The van der Waals surface area contributed by atoms with Gasteiger partial charge in [-0.25, -0.2) is 9.78 Å². The number of aromatic amines is 1. The van der Waals surface area contributed by atoms with Crippen LogP contribution in [0.5, 0.6) is 0 Å². The molecule has 0 spiro atoms. The number of likely N-dealkylation sites (tertiary alicyclic amines) is 1. The van der Waals surface area contributed by atoms with E-state index in [0.29, 0.717) is 24.6 Å². The number of carbonyl (C=O) groups excluding carboxylic acids is 1. The smallest absolute Gasteiger partial charge is 0.347 e. The molecular weight excluding hydrogens is 443 g/mol. The van der Waals surface area contributed by atoms with E-state index < -0.39 is 11.7 Å². The molecule has 0 bridgehead atoms. The van der Waals surface area contributed by atoms with Gasteiger partial charge in [0.1, 0.15) is 0 Å². The van der Waals surface area contributed by atoms with Gasteiger partial charge < -0.3 is 15.2 Å². The zero-order valence-corrected chi connectivity index (χ0v) is 19.9. The van der Waals surface area contributed by atoms with Gasteiger partial charge in [-0.3, -0.25) is 4.90 Å². The van der Waals surface area contributed by atoms with Crippen molar-refractivity contribution < 1.29 is 18.0 Å². The van der Waals surface area contributed by atoms with Gasteiger partial charge in [0.05, 0.1) is 23.6 Å². The molecule has 186 valence electrons. The number of aromatic nitrogens is 2. The van der Waals surface area contributed by atoms with E-state index in [9.17, 15) is 18.0 Å². The van der Waals surface area contributed by atoms with Gasteiger partial charge in [-0.1, -0.05) is 25.0 Å². The average Bonchev–Trinajstić information content (AvgIpc) is 3.53. The van der Waals surface area contributed by atoms with E-state index in [0.717, 1.165) is 25.1 Å². The van der Waals surface area contributed by atoms with Crippen LogP contribution >= 0.6 is 0 Å². The van der Waals surface area contributed by atoms with Crippen LogP contribution in [0.15, 0.2) is 30.7 Å². The van der Waals surface area contributed by atoms with Gasteiger partial charge in [0.25, 0.3) is 0 Å². The second kappa shape index (κ2) is 10.4. The van der Waals surface area contributed by atoms with Crippen molar-refractivity contribution in [2.45, 2.75) is 63.7 Å². The summed E-state index contributed by atoms with van der Waals surface area (Å²) in [4.78, 5) is 24.1. The molecule has 1 saturated heterocycles. The standard InChI is InChI=1S/C25H34F3N5O/c1-17-7-8-19(13-21(17)25(26,27)28)23(22-14-30-16-31-22)32-11-9-20(10-12-32)33(24(34)29-2)15-18-5-3-4-6-18/h7-8,13-14,16,18,20,23H,3-6,9-12,15H2,1-2H3,(H,29,34)(H,30,31). The first-order chi connectivity index (χ1) is 16.3. The zero-order valence-electron chi connectivity index (χ0n) is 19.9. The number of urea groups is 1. The number of rotatable bonds is 6. The average molecular weight is 478 g/mol. The fraction of sp³-hybridized carbons (Fsp3) is 0.600. The Morgan fingerprint density at radius 1 is 1.24 bits per heavy atom. The second-order valence-corrected chi connectivity index (χ2v) is 9.61. The number of alkyl halides is 3. The lowest BCUT2D eigenvalue weighted by atomic mass is 9.94. The number of halogens is 3. The Hall–Kier alpha value is -2.55. The second-order valence-electron chi connectivity index (χ2n) is 9.61. The molecule has 1 aliphatic carbocycles. The molecule has 34 heavy (non-hydrogen) atoms. The number of amides is 2. The number of aryl methyl sites for hydroxylation is 1. The third-order valence-electron chi connectivity index (χ3n) is 7.41. The van der Waals surface area contributed by atoms with Crippen LogP contribution in [0.4, 0.5) is 18.0 Å². The van der Waals surface area contributed by atoms with E-state index in [-0.39, 0.29) is 23.7 Å². The number of nitrogens with one attached hydrogen (secondary N) is 2. The number of hydrogen-bond donors (Lipinski definition) is 2. The van der Waals surface area contributed by atoms with Crippen LogP contribution in [0, 0.1) is 12.8 Å². The minimum absolute atomic E-state index is 0.0381. The van der Waals surface area contributed by atoms with Crippen molar-refractivity contribution in [3.63, 3.8) is 0 Å². The predicted octanol–water partition coefficient (Wildman–Crippen LogP) is 5.12. The van der Waals surface area contributed by atoms with Crippen LogP contribution in [0.2, 0.25) is 0 Å². The first-order valence-electron chi connectivity index (χ1n) is 12.2. The van der Waals surface area contributed by atoms with Crippen molar-refractivity contribution in [1.82, 2.24) is 25.1 Å². The van der Waals surface area contributed by atoms with E-state index >= 15 is 0 Å². The summed E-state index contributed by atoms with van der Waals surface area (Å²) in [5.41, 5.74) is 0.970. The summed E-state index contributed by atoms with van der Waals surface area (Å²) >= 11 is 0. The van der Waals surface area contributed by atoms with Crippen molar-refractivity contribution in [1.29, 1.82) is 0 Å². The van der Waals surface area contributed by atoms with Crippen molar-refractivity contribution in [2.24, 2.45) is 5.92 Å². The molecular formula is C25H34F3N5O. The summed E-state index contributed by atoms with van der Waals surface area (Å²) in [6.45, 7) is 3.63. The van der Waals surface area contributed by atoms with Gasteiger partial charge in [-0.15, -0.1) is 0 Å². The molecule has 2 amide bonds. The third kappa shape index (κ3) is 5.40. The fourth-order valence-electron chi connectivity index (χ4n) is 5.59. The summed E-state index contributed by atoms with van der Waals surface area (Å²) in [6, 6.07) is 4.33. The van der Waals surface area contributed by atoms with Crippen LogP contribution < -0.4 is 5.32 Å². The zero-order chi connectivity index (χ0) is 24.3. The Labute approximate surface area is 198 Å². The number of nitrogens with zero attached hydrogens (tertiary/aromatic N) is 3. The van der Waals surface area contributed by atoms with Crippen LogP contribution in [0.25, 0.3) is 0 Å². The summed E-state index contributed by atoms with van der Waals surface area (Å²) in [5.74, 6) is 0.557. The van der Waals surface area contributed by atoms with Crippen molar-refractivity contribution in [3.8, 4) is 0 Å². The summed E-state index contributed by atoms with van der Waals surface area (Å²) < 4.78 is 40.8. The highest BCUT2D eigenvalue weighted by atomic mass is 19.4. The maximum absolute atomic E-state index is 13.6. The summed E-state index contributed by atoms with van der Waals surface area (Å²) in [6.07, 6.45) is 5.20. The van der Waals surface area contributed by atoms with Gasteiger partial charge in [-0.2, -0.15) is 13.2 Å². The predicted molar refractivity (Wildman–Crippen MR) is 124 cm³/mol. The van der Waals surface area contributed by atoms with Crippen LogP contribution in [-0.4, -0.2) is 58.5 Å². The Morgan fingerprint density at radius 3 is 2.53 bits per heavy atom. The van der Waals surface area contributed by atoms with E-state index in [1.165, 1.54) is 38.7 Å². The quantitative estimate of drug-likeness (QED) is 0.607. The normalized spacial score (nSPS) is 19.3. The van der Waals surface area contributed by atoms with Crippen LogP contribution in [-0.2, 0) is 6.18 Å². The highest BCUT2D eigenvalue weighted by Crippen LogP contribution is 2.37. The maximum atomic E-state index is 13.6. The summed E-state index contributed by atoms with van der Waals surface area (Å²) in [7, 11) is 1.67. The molecule has 2 fully saturated rings. The molecule has 2 heterocycles. The van der Waals surface area contributed by atoms with E-state index in [2.05, 4.69) is 20.2 Å². The van der Waals surface area contributed by atoms with E-state index in [4.69, 9.17) is 0 Å². The Balaban J connectivity index is 1.53. The lowest BCUT2D eigenvalue weighted by molar-refractivity contribution is -0.138. The van der Waals surface area contributed by atoms with Crippen molar-refractivity contribution in [2.75, 3.05) is 26.7 Å². The fourth-order valence-corrected chi connectivity index (χ4v) is 5.59. The number of piperidine rings is 1. The molecule has 2 aliphatic rings. The Bertz CT molecular complexity index is 948. The summed E-state index contributed by atoms with van der Waals surface area (Å²) in [5, 5.41) is 2.80. The molecule has 1 saturated carbocycles. The molecule has 9 heteroatoms. The molecule has 1 aromatic carbocycles. The van der Waals surface area contributed by atoms with Crippen LogP contribution in [0.1, 0.15) is 67.0 Å². The number of carbonyl (C=O) groups is 1. The number of benzene rings is 1. The van der Waals surface area contributed by atoms with Crippen LogP contribution in [0.3, 0.4) is 0 Å². The number of hydrogen-bond acceptors (Lipinski definition) is 3. The van der Waals surface area contributed by atoms with Crippen molar-refractivity contribution >= 4 is 6.03 Å². The highest BCUT2D eigenvalue weighted by molar-refractivity contribution is 5.74. The Kier molecular flexibility index (Phi) is 7.50. The SMILES string of the molecule is CNC(=O)N(CC1CCCC1)C1CCN(C(c2ccc(C)c(C(F)(F)F)c2)c2cnc[nH]2)CC1. The molecule has 2 aromatic rings. The molecule has 1 unspecified atom stereocenters. The van der Waals surface area contributed by atoms with Gasteiger partial charge in [0, 0.05) is 38.9 Å². The third-order valence-corrected chi connectivity index (χ3v) is 7.41. The molecule has 4 rings (SSSR count). The first kappa shape index (κ1) is 24.6. The van der Waals surface area contributed by atoms with Gasteiger partial charge in [0.2, 0.25) is 0 Å². The lowest BCUT2D eigenvalue weighted by Crippen LogP contribution is -2.52. The van der Waals surface area contributed by atoms with E-state index in [1.54, 1.807) is 31.7 Å². The lowest BCUT2D eigenvalue weighted by Gasteiger charge is -2.42. The van der Waals surface area contributed by atoms with Crippen molar-refractivity contribution in [3.05, 3.63) is 53.1 Å². The highest BCUT2D eigenvalue weighted by Gasteiger charge is 2.36. The molecule has 6 nitrogen and oxygen atoms in total. The minimum atomic E-state index is -4.40. The largest absolute Gasteiger partial charge is 0.416 e.